The molecule has 2 aromatic carbocycles. The number of ether oxygens (including phenoxy) is 1. The van der Waals surface area contributed by atoms with Crippen LogP contribution in [-0.2, 0) is 14.8 Å². The number of sulfonamides is 1. The van der Waals surface area contributed by atoms with Gasteiger partial charge in [0.25, 0.3) is 0 Å². The van der Waals surface area contributed by atoms with Gasteiger partial charge < -0.3 is 10.1 Å². The van der Waals surface area contributed by atoms with Gasteiger partial charge in [0, 0.05) is 17.5 Å². The molecule has 0 saturated heterocycles. The number of rotatable bonds is 10. The van der Waals surface area contributed by atoms with Gasteiger partial charge in [-0.25, -0.2) is 8.42 Å². The molecule has 0 aromatic heterocycles. The Morgan fingerprint density at radius 3 is 2.54 bits per heavy atom. The number of benzene rings is 2. The lowest BCUT2D eigenvalue weighted by atomic mass is 10.2. The van der Waals surface area contributed by atoms with E-state index in [1.807, 2.05) is 0 Å². The van der Waals surface area contributed by atoms with E-state index in [1.165, 1.54) is 17.6 Å². The van der Waals surface area contributed by atoms with Crippen LogP contribution in [0, 0.1) is 6.92 Å². The highest BCUT2D eigenvalue weighted by Crippen LogP contribution is 2.23. The summed E-state index contributed by atoms with van der Waals surface area (Å²) in [7, 11) is -2.09. The number of methoxy groups -OCH3 is 1. The summed E-state index contributed by atoms with van der Waals surface area (Å²) < 4.78 is 30.5. The first-order valence-corrected chi connectivity index (χ1v) is 11.7. The molecule has 0 aliphatic carbocycles. The Bertz CT molecular complexity index is 883. The summed E-state index contributed by atoms with van der Waals surface area (Å²) >= 11 is 1.73. The van der Waals surface area contributed by atoms with E-state index in [-0.39, 0.29) is 12.5 Å². The number of aryl methyl sites for hydroxylation is 1. The number of thioether (sulfide) groups is 1. The van der Waals surface area contributed by atoms with Crippen molar-refractivity contribution in [3.63, 3.8) is 0 Å². The Hall–Kier alpha value is -2.19. The van der Waals surface area contributed by atoms with Crippen LogP contribution in [0.2, 0.25) is 0 Å². The highest BCUT2D eigenvalue weighted by molar-refractivity contribution is 7.99. The Labute approximate surface area is 171 Å². The van der Waals surface area contributed by atoms with Crippen molar-refractivity contribution in [1.82, 2.24) is 5.32 Å². The maximum Gasteiger partial charge on any atom is 0.240 e. The minimum atomic E-state index is -3.60. The molecule has 1 amide bonds. The van der Waals surface area contributed by atoms with Gasteiger partial charge in [0.15, 0.2) is 0 Å². The first-order chi connectivity index (χ1) is 13.3. The molecule has 0 radical (unpaired) electrons. The molecule has 6 nitrogen and oxygen atoms in total. The molecule has 0 aliphatic heterocycles. The predicted octanol–water partition coefficient (Wildman–Crippen LogP) is 3.07. The van der Waals surface area contributed by atoms with Crippen LogP contribution >= 0.6 is 11.8 Å². The first-order valence-electron chi connectivity index (χ1n) is 8.87. The monoisotopic (exact) mass is 422 g/mol. The average Bonchev–Trinajstić information content (AvgIpc) is 2.66. The summed E-state index contributed by atoms with van der Waals surface area (Å²) in [6.07, 6.45) is 1.88. The summed E-state index contributed by atoms with van der Waals surface area (Å²) in [5.41, 5.74) is 1.62. The topological polar surface area (TPSA) is 75.7 Å². The third kappa shape index (κ3) is 7.09. The van der Waals surface area contributed by atoms with Gasteiger partial charge in [-0.05, 0) is 43.4 Å². The van der Waals surface area contributed by atoms with Crippen LogP contribution in [0.3, 0.4) is 0 Å². The molecule has 2 aromatic rings. The molecule has 0 atom stereocenters. The third-order valence-corrected chi connectivity index (χ3v) is 6.20. The van der Waals surface area contributed by atoms with E-state index in [1.54, 1.807) is 36.0 Å². The molecule has 2 rings (SSSR count). The van der Waals surface area contributed by atoms with Crippen molar-refractivity contribution in [3.05, 3.63) is 54.1 Å². The van der Waals surface area contributed by atoms with Gasteiger partial charge in [-0.15, -0.1) is 11.8 Å². The molecule has 1 N–H and O–H groups in total. The SMILES string of the molecule is COc1cccc(N(CC(=O)NCCCSc2ccc(C)cc2)S(C)(=O)=O)c1. The maximum atomic E-state index is 12.2. The fourth-order valence-electron chi connectivity index (χ4n) is 2.48. The van der Waals surface area contributed by atoms with Gasteiger partial charge in [0.1, 0.15) is 12.3 Å². The Morgan fingerprint density at radius 1 is 1.18 bits per heavy atom. The maximum absolute atomic E-state index is 12.2. The summed E-state index contributed by atoms with van der Waals surface area (Å²) in [6, 6.07) is 14.9. The van der Waals surface area contributed by atoms with Crippen molar-refractivity contribution in [2.75, 3.05) is 36.5 Å². The van der Waals surface area contributed by atoms with Crippen molar-refractivity contribution in [2.24, 2.45) is 0 Å². The van der Waals surface area contributed by atoms with E-state index in [9.17, 15) is 13.2 Å². The zero-order chi connectivity index (χ0) is 20.6. The van der Waals surface area contributed by atoms with E-state index in [0.717, 1.165) is 22.7 Å². The van der Waals surface area contributed by atoms with Crippen LogP contribution in [0.4, 0.5) is 5.69 Å². The zero-order valence-corrected chi connectivity index (χ0v) is 18.0. The van der Waals surface area contributed by atoms with Crippen LogP contribution in [0.15, 0.2) is 53.4 Å². The van der Waals surface area contributed by atoms with Crippen LogP contribution in [0.5, 0.6) is 5.75 Å². The molecule has 0 fully saturated rings. The van der Waals surface area contributed by atoms with Gasteiger partial charge in [-0.2, -0.15) is 0 Å². The molecule has 0 aliphatic rings. The largest absolute Gasteiger partial charge is 0.497 e. The molecule has 8 heteroatoms. The number of hydrogen-bond donors (Lipinski definition) is 1. The number of hydrogen-bond acceptors (Lipinski definition) is 5. The van der Waals surface area contributed by atoms with Crippen LogP contribution < -0.4 is 14.4 Å². The highest BCUT2D eigenvalue weighted by atomic mass is 32.2. The van der Waals surface area contributed by atoms with Crippen LogP contribution in [-0.4, -0.2) is 46.5 Å². The lowest BCUT2D eigenvalue weighted by Gasteiger charge is -2.22. The van der Waals surface area contributed by atoms with Gasteiger partial charge >= 0.3 is 0 Å². The second-order valence-electron chi connectivity index (χ2n) is 6.34. The molecule has 0 spiro atoms. The van der Waals surface area contributed by atoms with Crippen molar-refractivity contribution in [1.29, 1.82) is 0 Å². The van der Waals surface area contributed by atoms with Gasteiger partial charge in [-0.3, -0.25) is 9.10 Å². The highest BCUT2D eigenvalue weighted by Gasteiger charge is 2.21. The fraction of sp³-hybridized carbons (Fsp3) is 0.350. The first kappa shape index (κ1) is 22.1. The van der Waals surface area contributed by atoms with Gasteiger partial charge in [-0.1, -0.05) is 23.8 Å². The van der Waals surface area contributed by atoms with E-state index in [2.05, 4.69) is 36.5 Å². The molecule has 0 bridgehead atoms. The summed E-state index contributed by atoms with van der Waals surface area (Å²) in [6.45, 7) is 2.28. The van der Waals surface area contributed by atoms with E-state index >= 15 is 0 Å². The number of carbonyl (C=O) groups excluding carboxylic acids is 1. The summed E-state index contributed by atoms with van der Waals surface area (Å²) in [5, 5.41) is 2.79. The van der Waals surface area contributed by atoms with Crippen molar-refractivity contribution < 1.29 is 17.9 Å². The number of carbonyl (C=O) groups is 1. The molecule has 0 saturated carbocycles. The third-order valence-electron chi connectivity index (χ3n) is 3.96. The lowest BCUT2D eigenvalue weighted by Crippen LogP contribution is -2.40. The molecule has 28 heavy (non-hydrogen) atoms. The number of anilines is 1. The summed E-state index contributed by atoms with van der Waals surface area (Å²) in [4.78, 5) is 13.4. The minimum Gasteiger partial charge on any atom is -0.497 e. The van der Waals surface area contributed by atoms with Crippen LogP contribution in [0.1, 0.15) is 12.0 Å². The normalized spacial score (nSPS) is 11.1. The molecular weight excluding hydrogens is 396 g/mol. The Balaban J connectivity index is 1.83. The average molecular weight is 423 g/mol. The van der Waals surface area contributed by atoms with E-state index in [0.29, 0.717) is 18.0 Å². The molecular formula is C20H26N2O4S2. The zero-order valence-electron chi connectivity index (χ0n) is 16.3. The molecule has 152 valence electrons. The second-order valence-corrected chi connectivity index (χ2v) is 9.41. The Morgan fingerprint density at radius 2 is 1.89 bits per heavy atom. The number of nitrogens with zero attached hydrogens (tertiary/aromatic N) is 1. The van der Waals surface area contributed by atoms with Crippen molar-refractivity contribution >= 4 is 33.4 Å². The molecule has 0 unspecified atom stereocenters. The second kappa shape index (κ2) is 10.4. The van der Waals surface area contributed by atoms with Crippen molar-refractivity contribution in [3.8, 4) is 5.75 Å². The summed E-state index contributed by atoms with van der Waals surface area (Å²) in [5.74, 6) is 1.06. The van der Waals surface area contributed by atoms with Gasteiger partial charge in [0.2, 0.25) is 15.9 Å². The lowest BCUT2D eigenvalue weighted by molar-refractivity contribution is -0.119. The van der Waals surface area contributed by atoms with Gasteiger partial charge in [0.05, 0.1) is 19.1 Å². The smallest absolute Gasteiger partial charge is 0.240 e. The van der Waals surface area contributed by atoms with E-state index in [4.69, 9.17) is 4.74 Å². The number of nitrogens with one attached hydrogen (secondary N) is 1. The quantitative estimate of drug-likeness (QED) is 0.470. The fourth-order valence-corrected chi connectivity index (χ4v) is 4.18. The standard InChI is InChI=1S/C20H26N2O4S2/c1-16-8-10-19(11-9-16)27-13-5-12-21-20(23)15-22(28(3,24)25)17-6-4-7-18(14-17)26-2/h4,6-11,14H,5,12-13,15H2,1-3H3,(H,21,23). The molecule has 0 heterocycles. The van der Waals surface area contributed by atoms with Crippen molar-refractivity contribution in [2.45, 2.75) is 18.2 Å². The van der Waals surface area contributed by atoms with E-state index < -0.39 is 10.0 Å². The Kier molecular flexibility index (Phi) is 8.19. The predicted molar refractivity (Wildman–Crippen MR) is 115 cm³/mol. The minimum absolute atomic E-state index is 0.267. The van der Waals surface area contributed by atoms with Crippen LogP contribution in [0.25, 0.3) is 0 Å². The number of amides is 1.